The Morgan fingerprint density at radius 3 is 2.44 bits per heavy atom. The van der Waals surface area contributed by atoms with Gasteiger partial charge in [-0.3, -0.25) is 28.8 Å². The van der Waals surface area contributed by atoms with Gasteiger partial charge < -0.3 is 90.4 Å². The lowest BCUT2D eigenvalue weighted by molar-refractivity contribution is -0.271. The van der Waals surface area contributed by atoms with Crippen molar-refractivity contribution in [2.75, 3.05) is 52.7 Å². The van der Waals surface area contributed by atoms with Crippen molar-refractivity contribution in [3.63, 3.8) is 0 Å². The molecule has 6 amide bonds. The lowest BCUT2D eigenvalue weighted by atomic mass is 9.81. The number of carbonyl (C=O) groups excluding carboxylic acids is 6. The molecule has 2 aromatic heterocycles. The fourth-order valence-electron chi connectivity index (χ4n) is 10.9. The highest BCUT2D eigenvalue weighted by Crippen LogP contribution is 2.46. The number of amides is 6. The van der Waals surface area contributed by atoms with Gasteiger partial charge in [-0.2, -0.15) is 0 Å². The van der Waals surface area contributed by atoms with Crippen LogP contribution in [-0.2, 0) is 79.4 Å². The summed E-state index contributed by atoms with van der Waals surface area (Å²) in [6.45, 7) is 0.633. The van der Waals surface area contributed by atoms with Gasteiger partial charge in [0.25, 0.3) is 11.5 Å². The summed E-state index contributed by atoms with van der Waals surface area (Å²) < 4.78 is 49.8. The van der Waals surface area contributed by atoms with E-state index in [1.54, 1.807) is 24.5 Å². The Balaban J connectivity index is 0.731. The summed E-state index contributed by atoms with van der Waals surface area (Å²) in [7, 11) is 0. The number of pyridine rings is 2. The molecular formula is C58H67FN8O19. The van der Waals surface area contributed by atoms with Gasteiger partial charge in [0.05, 0.1) is 54.8 Å². The maximum absolute atomic E-state index is 15.4. The average molecular weight is 1200 g/mol. The molecule has 460 valence electrons. The number of hydrogen-bond donors (Lipinski definition) is 11. The van der Waals surface area contributed by atoms with Crippen LogP contribution < -0.4 is 42.2 Å². The van der Waals surface area contributed by atoms with Crippen molar-refractivity contribution in [3.05, 3.63) is 91.0 Å². The highest BCUT2D eigenvalue weighted by Gasteiger charge is 2.48. The predicted molar refractivity (Wildman–Crippen MR) is 296 cm³/mol. The number of nitrogens with zero attached hydrogens (tertiary/aromatic N) is 2. The zero-order valence-corrected chi connectivity index (χ0v) is 47.1. The van der Waals surface area contributed by atoms with E-state index in [0.29, 0.717) is 75.8 Å². The summed E-state index contributed by atoms with van der Waals surface area (Å²) >= 11 is 0. The van der Waals surface area contributed by atoms with Crippen LogP contribution >= 0.6 is 0 Å². The lowest BCUT2D eigenvalue weighted by Gasteiger charge is -2.38. The number of aliphatic hydroxyl groups is 4. The van der Waals surface area contributed by atoms with E-state index in [0.717, 1.165) is 31.2 Å². The van der Waals surface area contributed by atoms with Gasteiger partial charge in [-0.25, -0.2) is 19.0 Å². The molecule has 0 spiro atoms. The molecule has 3 aliphatic heterocycles. The van der Waals surface area contributed by atoms with Crippen molar-refractivity contribution < 1.29 is 91.9 Å². The highest BCUT2D eigenvalue weighted by molar-refractivity contribution is 5.97. The number of benzene rings is 2. The maximum atomic E-state index is 15.4. The monoisotopic (exact) mass is 1200 g/mol. The molecular weight excluding hydrogens is 1130 g/mol. The van der Waals surface area contributed by atoms with E-state index in [4.69, 9.17) is 33.4 Å². The minimum atomic E-state index is -2.02. The Morgan fingerprint density at radius 1 is 0.872 bits per heavy atom. The smallest absolute Gasteiger partial charge is 0.407 e. The zero-order valence-electron chi connectivity index (χ0n) is 47.1. The van der Waals surface area contributed by atoms with Gasteiger partial charge in [0.15, 0.2) is 6.10 Å². The van der Waals surface area contributed by atoms with Crippen LogP contribution in [0.3, 0.4) is 0 Å². The number of carbonyl (C=O) groups is 7. The van der Waals surface area contributed by atoms with Crippen LogP contribution in [0.2, 0.25) is 0 Å². The van der Waals surface area contributed by atoms with Gasteiger partial charge in [0.1, 0.15) is 74.7 Å². The van der Waals surface area contributed by atoms with Crippen molar-refractivity contribution in [3.8, 4) is 29.0 Å². The maximum Gasteiger partial charge on any atom is 0.407 e. The second-order valence-corrected chi connectivity index (χ2v) is 21.4. The summed E-state index contributed by atoms with van der Waals surface area (Å²) in [5, 5.41) is 67.9. The summed E-state index contributed by atoms with van der Waals surface area (Å²) in [5.41, 5.74) is 2.85. The second kappa shape index (κ2) is 27.5. The molecule has 27 nitrogen and oxygen atoms in total. The largest absolute Gasteiger partial charge is 0.479 e. The van der Waals surface area contributed by atoms with Gasteiger partial charge in [-0.05, 0) is 91.5 Å². The van der Waals surface area contributed by atoms with Crippen molar-refractivity contribution in [2.24, 2.45) is 0 Å². The summed E-state index contributed by atoms with van der Waals surface area (Å²) in [6, 6.07) is 6.27. The third-order valence-electron chi connectivity index (χ3n) is 15.6. The van der Waals surface area contributed by atoms with Crippen LogP contribution in [0.25, 0.3) is 22.3 Å². The molecule has 1 saturated heterocycles. The number of hydrogen-bond acceptors (Lipinski definition) is 19. The average Bonchev–Trinajstić information content (AvgIpc) is 1.53. The van der Waals surface area contributed by atoms with Crippen molar-refractivity contribution in [2.45, 2.75) is 133 Å². The van der Waals surface area contributed by atoms with Crippen molar-refractivity contribution in [1.29, 1.82) is 0 Å². The Bertz CT molecular complexity index is 3440. The van der Waals surface area contributed by atoms with Crippen LogP contribution in [-0.4, -0.2) is 166 Å². The molecule has 1 unspecified atom stereocenters. The normalized spacial score (nSPS) is 22.7. The van der Waals surface area contributed by atoms with E-state index in [2.05, 4.69) is 43.7 Å². The number of carboxylic acid groups (broad SMARTS) is 1. The van der Waals surface area contributed by atoms with Gasteiger partial charge in [0.2, 0.25) is 29.9 Å². The van der Waals surface area contributed by atoms with Gasteiger partial charge in [-0.15, -0.1) is 5.92 Å². The molecule has 0 bridgehead atoms. The molecule has 4 aromatic rings. The SMILES string of the molecule is CC[C@@]1(O)COCc2c1cc1n(c2=O)Cc2c-1nc1cc(F)c(C)c3c1c2[C@@H](NC(=O)COCNC(=O)CNC(=O)CNC(=O)OCc1ccc(O[C@@H]2O[C@H](C(=O)O)[C@@H](O)[C@H](O)[C@H]2O)c(C(=O)NCCNC(=O)COC2C#CCCCCC2)c1)CC3. The van der Waals surface area contributed by atoms with E-state index < -0.39 is 123 Å². The second-order valence-electron chi connectivity index (χ2n) is 21.4. The number of aliphatic hydroxyl groups excluding tert-OH is 3. The predicted octanol–water partition coefficient (Wildman–Crippen LogP) is -0.293. The Morgan fingerprint density at radius 2 is 1.65 bits per heavy atom. The molecule has 1 fully saturated rings. The molecule has 0 saturated carbocycles. The van der Waals surface area contributed by atoms with Gasteiger partial charge >= 0.3 is 12.1 Å². The number of alkyl carbamates (subject to hydrolysis) is 1. The third-order valence-corrected chi connectivity index (χ3v) is 15.6. The minimum Gasteiger partial charge on any atom is -0.479 e. The quantitative estimate of drug-likeness (QED) is 0.0241. The number of nitrogens with one attached hydrogen (secondary N) is 6. The fraction of sp³-hybridized carbons (Fsp3) is 0.500. The van der Waals surface area contributed by atoms with Crippen molar-refractivity contribution >= 4 is 52.5 Å². The Kier molecular flexibility index (Phi) is 19.9. The van der Waals surface area contributed by atoms with E-state index in [9.17, 15) is 63.9 Å². The molecule has 86 heavy (non-hydrogen) atoms. The first-order chi connectivity index (χ1) is 41.2. The molecule has 2 aromatic carbocycles. The van der Waals surface area contributed by atoms with Crippen LogP contribution in [0.15, 0.2) is 35.1 Å². The first kappa shape index (κ1) is 62.4. The summed E-state index contributed by atoms with van der Waals surface area (Å²) in [5.74, 6) is 0.327. The molecule has 8 atom stereocenters. The number of halogens is 1. The molecule has 9 rings (SSSR count). The lowest BCUT2D eigenvalue weighted by Crippen LogP contribution is -2.61. The topological polar surface area (TPSA) is 383 Å². The third kappa shape index (κ3) is 14.1. The zero-order chi connectivity index (χ0) is 61.4. The van der Waals surface area contributed by atoms with Crippen LogP contribution in [0.4, 0.5) is 9.18 Å². The van der Waals surface area contributed by atoms with E-state index in [-0.39, 0.29) is 68.0 Å². The number of rotatable bonds is 22. The minimum absolute atomic E-state index is 0.0150. The Labute approximate surface area is 490 Å². The number of aromatic nitrogens is 2. The Hall–Kier alpha value is -8.14. The fourth-order valence-corrected chi connectivity index (χ4v) is 10.9. The van der Waals surface area contributed by atoms with Crippen LogP contribution in [0.1, 0.15) is 107 Å². The van der Waals surface area contributed by atoms with E-state index >= 15 is 4.39 Å². The van der Waals surface area contributed by atoms with Gasteiger partial charge in [0, 0.05) is 42.1 Å². The summed E-state index contributed by atoms with van der Waals surface area (Å²) in [4.78, 5) is 108. The van der Waals surface area contributed by atoms with Crippen molar-refractivity contribution in [1.82, 2.24) is 41.5 Å². The molecule has 5 aliphatic rings. The van der Waals surface area contributed by atoms with Crippen LogP contribution in [0.5, 0.6) is 5.75 Å². The standard InChI is InChI=1S/C58H67FN8O19/c1-3-58(80)27-81-24-35-36(58)18-40-48-34(22-67(40)54(35)76)47-38(13-12-32-29(2)37(59)19-39(66-48)46(32)47)65-45(71)25-82-28-64-43(69)20-62-42(68)21-63-57(79)84-23-30-11-14-41(85-56-51(74)49(72)50(73)52(86-56)55(77)78)33(17-30)53(75)61-16-15-60-44(70)26-83-31-9-7-5-4-6-8-10-31/h11,14,17-19,31,38,49-52,56,72-74,80H,3-7,9,12-13,15-16,20-28H2,1-2H3,(H,60,70)(H,61,75)(H,62,68)(H,63,79)(H,64,69)(H,65,71)(H,77,78)/t31?,38-,49-,50-,51+,52-,56+,58+/m0/s1. The molecule has 28 heteroatoms. The first-order valence-electron chi connectivity index (χ1n) is 28.1. The summed E-state index contributed by atoms with van der Waals surface area (Å²) in [6.07, 6.45) is -5.87. The van der Waals surface area contributed by atoms with E-state index in [1.165, 1.54) is 24.3 Å². The molecule has 0 radical (unpaired) electrons. The molecule has 5 heterocycles. The number of ether oxygens (including phenoxy) is 6. The number of carboxylic acids is 1. The highest BCUT2D eigenvalue weighted by atomic mass is 19.1. The van der Waals surface area contributed by atoms with Gasteiger partial charge in [-0.1, -0.05) is 25.3 Å². The molecule has 2 aliphatic carbocycles. The van der Waals surface area contributed by atoms with E-state index in [1.807, 2.05) is 0 Å². The molecule has 11 N–H and O–H groups in total. The number of aryl methyl sites for hydroxylation is 1. The first-order valence-corrected chi connectivity index (χ1v) is 28.1. The number of fused-ring (bicyclic) bond motifs is 5. The van der Waals surface area contributed by atoms with Crippen LogP contribution in [0, 0.1) is 24.6 Å². The number of aliphatic carboxylic acids is 1.